The first kappa shape index (κ1) is 23.6. The summed E-state index contributed by atoms with van der Waals surface area (Å²) in [4.78, 5) is 16.5. The Morgan fingerprint density at radius 3 is 2.72 bits per heavy atom. The van der Waals surface area contributed by atoms with Crippen LogP contribution >= 0.6 is 0 Å². The summed E-state index contributed by atoms with van der Waals surface area (Å²) in [6, 6.07) is 8.34. The molecular weight excluding hydrogens is 435 g/mol. The number of carbonyl (C=O) groups is 1. The summed E-state index contributed by atoms with van der Waals surface area (Å²) in [6.07, 6.45) is 3.64. The quantitative estimate of drug-likeness (QED) is 0.407. The molecule has 10 heteroatoms. The average molecular weight is 463 g/mol. The van der Waals surface area contributed by atoms with Gasteiger partial charge in [0.2, 0.25) is 6.86 Å². The van der Waals surface area contributed by atoms with Gasteiger partial charge in [0.15, 0.2) is 9.84 Å². The van der Waals surface area contributed by atoms with E-state index >= 15 is 0 Å². The molecule has 4 N–H and O–H groups in total. The molecule has 0 saturated carbocycles. The second-order valence-electron chi connectivity index (χ2n) is 8.29. The Bertz CT molecular complexity index is 1120. The number of nitrogens with two attached hydrogens (primary N) is 1. The lowest BCUT2D eigenvalue weighted by molar-refractivity contribution is 0.102. The molecule has 1 heterocycles. The van der Waals surface area contributed by atoms with Crippen LogP contribution in [0.2, 0.25) is 0 Å². The van der Waals surface area contributed by atoms with Gasteiger partial charge < -0.3 is 15.8 Å². The van der Waals surface area contributed by atoms with E-state index in [-0.39, 0.29) is 28.9 Å². The van der Waals surface area contributed by atoms with Crippen molar-refractivity contribution < 1.29 is 22.3 Å². The van der Waals surface area contributed by atoms with Crippen LogP contribution in [-0.2, 0) is 16.3 Å². The summed E-state index contributed by atoms with van der Waals surface area (Å²) in [5, 5.41) is 10.4. The van der Waals surface area contributed by atoms with Gasteiger partial charge in [-0.15, -0.1) is 0 Å². The zero-order valence-electron chi connectivity index (χ0n) is 18.0. The molecular formula is C22H27FN4O4S. The number of nitrogens with zero attached hydrogens (tertiary/aromatic N) is 1. The Morgan fingerprint density at radius 2 is 2.09 bits per heavy atom. The maximum atomic E-state index is 13.0. The lowest BCUT2D eigenvalue weighted by Crippen LogP contribution is -2.46. The van der Waals surface area contributed by atoms with Crippen molar-refractivity contribution in [3.63, 3.8) is 0 Å². The highest BCUT2D eigenvalue weighted by Crippen LogP contribution is 2.36. The number of carbonyl (C=O) groups excluding carboxylic acids is 1. The number of aromatic nitrogens is 1. The average Bonchev–Trinajstić information content (AvgIpc) is 2.74. The number of rotatable bonds is 8. The molecule has 172 valence electrons. The molecule has 1 aromatic heterocycles. The minimum atomic E-state index is -3.67. The number of aryl methyl sites for hydroxylation is 1. The van der Waals surface area contributed by atoms with Crippen LogP contribution in [0.25, 0.3) is 0 Å². The fraction of sp³-hybridized carbons (Fsp3) is 0.409. The number of fused-ring (bicyclic) bond motifs is 1. The zero-order chi connectivity index (χ0) is 23.5. The van der Waals surface area contributed by atoms with Gasteiger partial charge in [-0.1, -0.05) is 6.07 Å². The van der Waals surface area contributed by atoms with Crippen LogP contribution in [0.4, 0.5) is 10.1 Å². The highest BCUT2D eigenvalue weighted by atomic mass is 32.2. The Morgan fingerprint density at radius 1 is 1.34 bits per heavy atom. The van der Waals surface area contributed by atoms with Crippen molar-refractivity contribution in [1.82, 2.24) is 4.98 Å². The van der Waals surface area contributed by atoms with E-state index in [4.69, 9.17) is 11.1 Å². The van der Waals surface area contributed by atoms with Crippen LogP contribution in [0.3, 0.4) is 0 Å². The van der Waals surface area contributed by atoms with Crippen LogP contribution in [-0.4, -0.2) is 42.5 Å². The van der Waals surface area contributed by atoms with Gasteiger partial charge in [-0.2, -0.15) is 0 Å². The lowest BCUT2D eigenvalue weighted by atomic mass is 9.83. The molecule has 0 saturated heterocycles. The summed E-state index contributed by atoms with van der Waals surface area (Å²) >= 11 is 0. The second kappa shape index (κ2) is 9.23. The van der Waals surface area contributed by atoms with E-state index in [2.05, 4.69) is 15.0 Å². The fourth-order valence-corrected chi connectivity index (χ4v) is 5.27. The minimum Gasteiger partial charge on any atom is -0.461 e. The van der Waals surface area contributed by atoms with Crippen molar-refractivity contribution >= 4 is 27.3 Å². The first-order valence-corrected chi connectivity index (χ1v) is 11.9. The van der Waals surface area contributed by atoms with E-state index < -0.39 is 27.4 Å². The minimum absolute atomic E-state index is 0.123. The molecule has 0 fully saturated rings. The zero-order valence-corrected chi connectivity index (χ0v) is 18.8. The SMILES string of the molecule is CC(C)(C(=N)N)S(=O)(=O)CC1CCCc2ccc(NC(=O)c3ccc(OCF)cn3)cc21. The van der Waals surface area contributed by atoms with E-state index in [1.807, 2.05) is 6.07 Å². The fourth-order valence-electron chi connectivity index (χ4n) is 3.65. The summed E-state index contributed by atoms with van der Waals surface area (Å²) in [5.41, 5.74) is 8.11. The van der Waals surface area contributed by atoms with Crippen molar-refractivity contribution in [3.8, 4) is 5.75 Å². The Hall–Kier alpha value is -3.01. The van der Waals surface area contributed by atoms with Crippen LogP contribution in [0.5, 0.6) is 5.75 Å². The van der Waals surface area contributed by atoms with Gasteiger partial charge >= 0.3 is 0 Å². The van der Waals surface area contributed by atoms with Crippen molar-refractivity contribution in [2.75, 3.05) is 17.9 Å². The smallest absolute Gasteiger partial charge is 0.274 e. The third-order valence-corrected chi connectivity index (χ3v) is 8.50. The monoisotopic (exact) mass is 462 g/mol. The number of benzene rings is 1. The molecule has 1 aliphatic rings. The predicted molar refractivity (Wildman–Crippen MR) is 121 cm³/mol. The van der Waals surface area contributed by atoms with Gasteiger partial charge in [0.05, 0.1) is 11.9 Å². The van der Waals surface area contributed by atoms with Gasteiger partial charge in [0.1, 0.15) is 22.0 Å². The molecule has 2 aromatic rings. The topological polar surface area (TPSA) is 135 Å². The van der Waals surface area contributed by atoms with Crippen LogP contribution in [0.1, 0.15) is 54.2 Å². The molecule has 1 amide bonds. The molecule has 0 bridgehead atoms. The van der Waals surface area contributed by atoms with E-state index in [0.717, 1.165) is 24.0 Å². The van der Waals surface area contributed by atoms with Gasteiger partial charge in [0, 0.05) is 5.69 Å². The van der Waals surface area contributed by atoms with E-state index in [0.29, 0.717) is 12.1 Å². The Kier molecular flexibility index (Phi) is 6.82. The van der Waals surface area contributed by atoms with Crippen LogP contribution in [0, 0.1) is 5.41 Å². The lowest BCUT2D eigenvalue weighted by Gasteiger charge is -2.30. The number of pyridine rings is 1. The molecule has 8 nitrogen and oxygen atoms in total. The number of amidine groups is 1. The number of amides is 1. The van der Waals surface area contributed by atoms with Crippen molar-refractivity contribution in [2.45, 2.75) is 43.8 Å². The van der Waals surface area contributed by atoms with Crippen molar-refractivity contribution in [1.29, 1.82) is 5.41 Å². The number of anilines is 1. The first-order valence-electron chi connectivity index (χ1n) is 10.2. The van der Waals surface area contributed by atoms with E-state index in [1.165, 1.54) is 32.2 Å². The number of hydrogen-bond acceptors (Lipinski definition) is 6. The molecule has 0 aliphatic heterocycles. The summed E-state index contributed by atoms with van der Waals surface area (Å²) in [5.74, 6) is -0.994. The maximum absolute atomic E-state index is 13.0. The maximum Gasteiger partial charge on any atom is 0.274 e. The summed E-state index contributed by atoms with van der Waals surface area (Å²) < 4.78 is 41.4. The largest absolute Gasteiger partial charge is 0.461 e. The van der Waals surface area contributed by atoms with Crippen LogP contribution < -0.4 is 15.8 Å². The van der Waals surface area contributed by atoms with Gasteiger partial charge in [-0.25, -0.2) is 17.8 Å². The van der Waals surface area contributed by atoms with Crippen molar-refractivity contribution in [2.24, 2.45) is 5.73 Å². The van der Waals surface area contributed by atoms with E-state index in [1.54, 1.807) is 12.1 Å². The molecule has 1 atom stereocenters. The van der Waals surface area contributed by atoms with Crippen LogP contribution in [0.15, 0.2) is 36.5 Å². The van der Waals surface area contributed by atoms with Gasteiger partial charge in [-0.05, 0) is 74.4 Å². The number of sulfone groups is 1. The number of nitrogens with one attached hydrogen (secondary N) is 2. The molecule has 1 aliphatic carbocycles. The molecule has 32 heavy (non-hydrogen) atoms. The number of ether oxygens (including phenoxy) is 1. The highest BCUT2D eigenvalue weighted by Gasteiger charge is 2.40. The van der Waals surface area contributed by atoms with Gasteiger partial charge in [0.25, 0.3) is 5.91 Å². The number of hydrogen-bond donors (Lipinski definition) is 3. The Balaban J connectivity index is 1.81. The number of halogens is 1. The number of alkyl halides is 1. The molecule has 0 radical (unpaired) electrons. The molecule has 1 unspecified atom stereocenters. The predicted octanol–water partition coefficient (Wildman–Crippen LogP) is 3.19. The summed E-state index contributed by atoms with van der Waals surface area (Å²) in [7, 11) is -3.67. The third-order valence-electron chi connectivity index (χ3n) is 5.88. The highest BCUT2D eigenvalue weighted by molar-refractivity contribution is 7.93. The van der Waals surface area contributed by atoms with Crippen molar-refractivity contribution in [3.05, 3.63) is 53.3 Å². The molecule has 0 spiro atoms. The summed E-state index contributed by atoms with van der Waals surface area (Å²) in [6.45, 7) is 1.91. The normalized spacial score (nSPS) is 16.2. The standard InChI is InChI=1S/C22H27FN4O4S/c1-22(2,21(24)25)32(29,30)12-15-5-3-4-14-6-7-16(10-18(14)15)27-20(28)19-9-8-17(11-26-19)31-13-23/h6-11,15H,3-5,12-13H2,1-2H3,(H3,24,25)(H,27,28). The first-order chi connectivity index (χ1) is 15.0. The van der Waals surface area contributed by atoms with E-state index in [9.17, 15) is 17.6 Å². The third kappa shape index (κ3) is 4.90. The molecule has 3 rings (SSSR count). The second-order valence-corrected chi connectivity index (χ2v) is 10.9. The Labute approximate surface area is 186 Å². The van der Waals surface area contributed by atoms with Gasteiger partial charge in [-0.3, -0.25) is 10.2 Å². The molecule has 1 aromatic carbocycles.